The minimum atomic E-state index is -0.722. The zero-order chi connectivity index (χ0) is 17.9. The molecule has 5 nitrogen and oxygen atoms in total. The number of carbonyl (C=O) groups is 2. The maximum atomic E-state index is 12.6. The van der Waals surface area contributed by atoms with Gasteiger partial charge < -0.3 is 5.32 Å². The summed E-state index contributed by atoms with van der Waals surface area (Å²) in [6.45, 7) is 4.10. The minimum absolute atomic E-state index is 0.0848. The number of amides is 2. The van der Waals surface area contributed by atoms with E-state index in [0.29, 0.717) is 6.42 Å². The van der Waals surface area contributed by atoms with Crippen LogP contribution in [0.2, 0.25) is 0 Å². The summed E-state index contributed by atoms with van der Waals surface area (Å²) in [5.74, 6) is -0.570. The molecule has 5 heteroatoms. The lowest BCUT2D eigenvalue weighted by molar-refractivity contribution is -0.134. The van der Waals surface area contributed by atoms with Crippen LogP contribution in [0.4, 0.5) is 0 Å². The SMILES string of the molecule is CCCC(CCC)C(=O)NC(Cc1ccccc1)C(=O)N(C)C#N. The summed E-state index contributed by atoms with van der Waals surface area (Å²) in [5.41, 5.74) is 0.949. The Balaban J connectivity index is 2.90. The number of likely N-dealkylation sites (N-methyl/N-ethyl adjacent to an activating group) is 1. The van der Waals surface area contributed by atoms with Crippen molar-refractivity contribution in [2.24, 2.45) is 5.92 Å². The number of nitrogens with one attached hydrogen (secondary N) is 1. The van der Waals surface area contributed by atoms with Crippen molar-refractivity contribution in [1.82, 2.24) is 10.2 Å². The van der Waals surface area contributed by atoms with E-state index in [0.717, 1.165) is 36.1 Å². The van der Waals surface area contributed by atoms with Gasteiger partial charge in [-0.05, 0) is 18.4 Å². The Kier molecular flexibility index (Phi) is 8.56. The summed E-state index contributed by atoms with van der Waals surface area (Å²) in [5, 5.41) is 11.8. The molecule has 1 N–H and O–H groups in total. The quantitative estimate of drug-likeness (QED) is 0.559. The van der Waals surface area contributed by atoms with Gasteiger partial charge in [0.1, 0.15) is 6.04 Å². The van der Waals surface area contributed by atoms with Crippen molar-refractivity contribution < 1.29 is 9.59 Å². The predicted octanol–water partition coefficient (Wildman–Crippen LogP) is 2.87. The molecule has 1 aromatic rings. The summed E-state index contributed by atoms with van der Waals surface area (Å²) in [6.07, 6.45) is 5.65. The first-order chi connectivity index (χ1) is 11.5. The molecular weight excluding hydrogens is 302 g/mol. The lowest BCUT2D eigenvalue weighted by Gasteiger charge is -2.23. The van der Waals surface area contributed by atoms with Gasteiger partial charge in [-0.2, -0.15) is 5.26 Å². The lowest BCUT2D eigenvalue weighted by Crippen LogP contribution is -2.49. The van der Waals surface area contributed by atoms with Crippen LogP contribution in [-0.2, 0) is 16.0 Å². The lowest BCUT2D eigenvalue weighted by atomic mass is 9.96. The predicted molar refractivity (Wildman–Crippen MR) is 93.8 cm³/mol. The van der Waals surface area contributed by atoms with Gasteiger partial charge in [-0.15, -0.1) is 0 Å². The Labute approximate surface area is 144 Å². The molecule has 2 amide bonds. The summed E-state index contributed by atoms with van der Waals surface area (Å²) in [4.78, 5) is 26.0. The summed E-state index contributed by atoms with van der Waals surface area (Å²) in [7, 11) is 1.42. The molecule has 1 unspecified atom stereocenters. The van der Waals surface area contributed by atoms with Crippen LogP contribution < -0.4 is 5.32 Å². The first-order valence-corrected chi connectivity index (χ1v) is 8.55. The van der Waals surface area contributed by atoms with Crippen molar-refractivity contribution in [3.05, 3.63) is 35.9 Å². The van der Waals surface area contributed by atoms with E-state index in [-0.39, 0.29) is 17.7 Å². The first kappa shape index (κ1) is 19.7. The second-order valence-corrected chi connectivity index (χ2v) is 6.02. The van der Waals surface area contributed by atoms with Crippen molar-refractivity contribution in [3.63, 3.8) is 0 Å². The fraction of sp³-hybridized carbons (Fsp3) is 0.526. The molecule has 0 radical (unpaired) electrons. The summed E-state index contributed by atoms with van der Waals surface area (Å²) < 4.78 is 0. The maximum absolute atomic E-state index is 12.6. The molecular formula is C19H27N3O2. The topological polar surface area (TPSA) is 73.2 Å². The van der Waals surface area contributed by atoms with Gasteiger partial charge in [-0.1, -0.05) is 57.0 Å². The molecule has 0 aliphatic heterocycles. The zero-order valence-electron chi connectivity index (χ0n) is 14.8. The Morgan fingerprint density at radius 1 is 1.17 bits per heavy atom. The van der Waals surface area contributed by atoms with Crippen LogP contribution in [0.5, 0.6) is 0 Å². The number of nitrogens with zero attached hydrogens (tertiary/aromatic N) is 2. The number of benzene rings is 1. The third-order valence-corrected chi connectivity index (χ3v) is 4.02. The molecule has 0 fully saturated rings. The number of hydrogen-bond donors (Lipinski definition) is 1. The van der Waals surface area contributed by atoms with Gasteiger partial charge in [0, 0.05) is 19.4 Å². The van der Waals surface area contributed by atoms with Gasteiger partial charge in [0.15, 0.2) is 6.19 Å². The molecule has 1 atom stereocenters. The smallest absolute Gasteiger partial charge is 0.258 e. The summed E-state index contributed by atoms with van der Waals surface area (Å²) >= 11 is 0. The fourth-order valence-electron chi connectivity index (χ4n) is 2.73. The van der Waals surface area contributed by atoms with Crippen LogP contribution in [0.25, 0.3) is 0 Å². The zero-order valence-corrected chi connectivity index (χ0v) is 14.8. The highest BCUT2D eigenvalue weighted by molar-refractivity contribution is 5.89. The highest BCUT2D eigenvalue weighted by Crippen LogP contribution is 2.15. The third-order valence-electron chi connectivity index (χ3n) is 4.02. The van der Waals surface area contributed by atoms with E-state index in [4.69, 9.17) is 5.26 Å². The van der Waals surface area contributed by atoms with E-state index in [1.807, 2.05) is 50.4 Å². The Hall–Kier alpha value is -2.35. The number of carbonyl (C=O) groups excluding carboxylic acids is 2. The molecule has 1 aromatic carbocycles. The molecule has 130 valence electrons. The van der Waals surface area contributed by atoms with Gasteiger partial charge in [-0.3, -0.25) is 14.5 Å². The monoisotopic (exact) mass is 329 g/mol. The van der Waals surface area contributed by atoms with E-state index in [9.17, 15) is 9.59 Å². The first-order valence-electron chi connectivity index (χ1n) is 8.55. The van der Waals surface area contributed by atoms with E-state index >= 15 is 0 Å². The van der Waals surface area contributed by atoms with Gasteiger partial charge in [-0.25, -0.2) is 0 Å². The van der Waals surface area contributed by atoms with Crippen LogP contribution in [0.3, 0.4) is 0 Å². The van der Waals surface area contributed by atoms with Crippen LogP contribution in [0.1, 0.15) is 45.1 Å². The van der Waals surface area contributed by atoms with E-state index in [2.05, 4.69) is 5.32 Å². The molecule has 0 aliphatic carbocycles. The molecule has 24 heavy (non-hydrogen) atoms. The molecule has 0 bridgehead atoms. The van der Waals surface area contributed by atoms with Crippen molar-refractivity contribution in [2.75, 3.05) is 7.05 Å². The number of hydrogen-bond acceptors (Lipinski definition) is 3. The minimum Gasteiger partial charge on any atom is -0.344 e. The molecule has 0 saturated carbocycles. The van der Waals surface area contributed by atoms with Crippen LogP contribution in [0, 0.1) is 17.4 Å². The third kappa shape index (κ3) is 6.04. The molecule has 0 aromatic heterocycles. The normalized spacial score (nSPS) is 11.6. The molecule has 0 aliphatic rings. The highest BCUT2D eigenvalue weighted by Gasteiger charge is 2.27. The van der Waals surface area contributed by atoms with Crippen molar-refractivity contribution >= 4 is 11.8 Å². The molecule has 0 saturated heterocycles. The fourth-order valence-corrected chi connectivity index (χ4v) is 2.73. The van der Waals surface area contributed by atoms with Gasteiger partial charge in [0.05, 0.1) is 0 Å². The van der Waals surface area contributed by atoms with E-state index in [1.54, 1.807) is 0 Å². The standard InChI is InChI=1S/C19H27N3O2/c1-4-9-16(10-5-2)18(23)21-17(19(24)22(3)14-20)13-15-11-7-6-8-12-15/h6-8,11-12,16-17H,4-5,9-10,13H2,1-3H3,(H,21,23). The number of nitriles is 1. The molecule has 0 spiro atoms. The van der Waals surface area contributed by atoms with Gasteiger partial charge in [0.25, 0.3) is 5.91 Å². The molecule has 0 heterocycles. The van der Waals surface area contributed by atoms with E-state index in [1.165, 1.54) is 7.05 Å². The molecule has 1 rings (SSSR count). The van der Waals surface area contributed by atoms with Crippen LogP contribution >= 0.6 is 0 Å². The van der Waals surface area contributed by atoms with Crippen LogP contribution in [0.15, 0.2) is 30.3 Å². The second-order valence-electron chi connectivity index (χ2n) is 6.02. The average Bonchev–Trinajstić information content (AvgIpc) is 2.60. The van der Waals surface area contributed by atoms with Gasteiger partial charge >= 0.3 is 0 Å². The largest absolute Gasteiger partial charge is 0.344 e. The summed E-state index contributed by atoms with van der Waals surface area (Å²) in [6, 6.07) is 8.79. The van der Waals surface area contributed by atoms with Gasteiger partial charge in [0.2, 0.25) is 5.91 Å². The van der Waals surface area contributed by atoms with Crippen molar-refractivity contribution in [1.29, 1.82) is 5.26 Å². The van der Waals surface area contributed by atoms with E-state index < -0.39 is 6.04 Å². The van der Waals surface area contributed by atoms with Crippen molar-refractivity contribution in [3.8, 4) is 6.19 Å². The number of rotatable bonds is 9. The maximum Gasteiger partial charge on any atom is 0.258 e. The Morgan fingerprint density at radius 3 is 2.25 bits per heavy atom. The Bertz CT molecular complexity index is 560. The second kappa shape index (κ2) is 10.4. The Morgan fingerprint density at radius 2 is 1.75 bits per heavy atom. The highest BCUT2D eigenvalue weighted by atomic mass is 16.2. The van der Waals surface area contributed by atoms with Crippen molar-refractivity contribution in [2.45, 2.75) is 52.0 Å². The average molecular weight is 329 g/mol. The van der Waals surface area contributed by atoms with Crippen LogP contribution in [-0.4, -0.2) is 29.8 Å².